The first-order valence-electron chi connectivity index (χ1n) is 8.75. The molecule has 0 heterocycles. The van der Waals surface area contributed by atoms with Gasteiger partial charge in [-0.05, 0) is 49.9 Å². The van der Waals surface area contributed by atoms with E-state index in [4.69, 9.17) is 4.74 Å². The summed E-state index contributed by atoms with van der Waals surface area (Å²) in [7, 11) is -1.80. The molecule has 1 unspecified atom stereocenters. The molecule has 6 nitrogen and oxygen atoms in total. The van der Waals surface area contributed by atoms with Gasteiger partial charge in [0.1, 0.15) is 5.75 Å². The predicted molar refractivity (Wildman–Crippen MR) is 99.4 cm³/mol. The number of sulfonamides is 1. The van der Waals surface area contributed by atoms with Crippen molar-refractivity contribution >= 4 is 21.6 Å². The largest absolute Gasteiger partial charge is 0.481 e. The number of anilines is 1. The van der Waals surface area contributed by atoms with E-state index in [0.29, 0.717) is 23.9 Å². The smallest absolute Gasteiger partial charge is 0.260 e. The van der Waals surface area contributed by atoms with Crippen molar-refractivity contribution in [2.75, 3.05) is 24.2 Å². The number of carbonyl (C=O) groups is 1. The third kappa shape index (κ3) is 5.92. The summed E-state index contributed by atoms with van der Waals surface area (Å²) in [6.45, 7) is 2.43. The van der Waals surface area contributed by atoms with Crippen LogP contribution in [0.5, 0.6) is 5.75 Å². The van der Waals surface area contributed by atoms with Crippen molar-refractivity contribution in [1.82, 2.24) is 5.32 Å². The molecular weight excluding hydrogens is 340 g/mol. The van der Waals surface area contributed by atoms with Gasteiger partial charge in [-0.3, -0.25) is 9.10 Å². The zero-order valence-electron chi connectivity index (χ0n) is 15.2. The summed E-state index contributed by atoms with van der Waals surface area (Å²) >= 11 is 0. The molecule has 0 radical (unpaired) electrons. The lowest BCUT2D eigenvalue weighted by Crippen LogP contribution is -2.39. The Morgan fingerprint density at radius 2 is 1.84 bits per heavy atom. The fourth-order valence-corrected chi connectivity index (χ4v) is 3.47. The van der Waals surface area contributed by atoms with Gasteiger partial charge in [0, 0.05) is 13.6 Å². The second-order valence-corrected chi connectivity index (χ2v) is 8.75. The molecule has 2 rings (SSSR count). The van der Waals surface area contributed by atoms with Crippen molar-refractivity contribution < 1.29 is 17.9 Å². The minimum absolute atomic E-state index is 0.122. The number of ether oxygens (including phenoxy) is 1. The van der Waals surface area contributed by atoms with Crippen molar-refractivity contribution in [2.24, 2.45) is 5.92 Å². The molecule has 0 aliphatic heterocycles. The highest BCUT2D eigenvalue weighted by Crippen LogP contribution is 2.23. The van der Waals surface area contributed by atoms with Crippen molar-refractivity contribution in [1.29, 1.82) is 0 Å². The number of carbonyl (C=O) groups excluding carboxylic acids is 1. The molecule has 1 N–H and O–H groups in total. The van der Waals surface area contributed by atoms with Gasteiger partial charge in [-0.1, -0.05) is 19.3 Å². The minimum atomic E-state index is -3.29. The molecule has 1 fully saturated rings. The van der Waals surface area contributed by atoms with Crippen molar-refractivity contribution in [3.63, 3.8) is 0 Å². The van der Waals surface area contributed by atoms with Crippen LogP contribution in [0.25, 0.3) is 0 Å². The first-order valence-corrected chi connectivity index (χ1v) is 10.6. The average Bonchev–Trinajstić information content (AvgIpc) is 2.59. The van der Waals surface area contributed by atoms with Crippen LogP contribution in [-0.2, 0) is 14.8 Å². The van der Waals surface area contributed by atoms with E-state index in [1.54, 1.807) is 31.2 Å². The predicted octanol–water partition coefficient (Wildman–Crippen LogP) is 2.55. The second kappa shape index (κ2) is 8.56. The normalized spacial score (nSPS) is 16.9. The Labute approximate surface area is 150 Å². The minimum Gasteiger partial charge on any atom is -0.481 e. The number of benzene rings is 1. The lowest BCUT2D eigenvalue weighted by molar-refractivity contribution is -0.127. The Bertz CT molecular complexity index is 667. The molecule has 1 amide bonds. The van der Waals surface area contributed by atoms with Crippen LogP contribution in [0.4, 0.5) is 5.69 Å². The van der Waals surface area contributed by atoms with Crippen molar-refractivity contribution in [3.8, 4) is 5.75 Å². The summed E-state index contributed by atoms with van der Waals surface area (Å²) in [5.41, 5.74) is 0.546. The molecule has 1 aromatic carbocycles. The zero-order valence-corrected chi connectivity index (χ0v) is 16.0. The molecule has 1 atom stereocenters. The van der Waals surface area contributed by atoms with Gasteiger partial charge >= 0.3 is 0 Å². The highest BCUT2D eigenvalue weighted by Gasteiger charge is 2.18. The van der Waals surface area contributed by atoms with Gasteiger partial charge in [0.2, 0.25) is 10.0 Å². The lowest BCUT2D eigenvalue weighted by Gasteiger charge is -2.23. The summed E-state index contributed by atoms with van der Waals surface area (Å²) in [5.74, 6) is 0.990. The highest BCUT2D eigenvalue weighted by molar-refractivity contribution is 7.92. The lowest BCUT2D eigenvalue weighted by atomic mass is 9.89. The van der Waals surface area contributed by atoms with Gasteiger partial charge in [0.05, 0.1) is 11.9 Å². The van der Waals surface area contributed by atoms with Gasteiger partial charge in [-0.2, -0.15) is 0 Å². The van der Waals surface area contributed by atoms with Gasteiger partial charge in [0.25, 0.3) is 5.91 Å². The Morgan fingerprint density at radius 1 is 1.24 bits per heavy atom. The monoisotopic (exact) mass is 368 g/mol. The molecule has 140 valence electrons. The molecule has 0 saturated heterocycles. The first kappa shape index (κ1) is 19.6. The van der Waals surface area contributed by atoms with E-state index < -0.39 is 16.1 Å². The maximum atomic E-state index is 12.2. The number of hydrogen-bond acceptors (Lipinski definition) is 4. The fourth-order valence-electron chi connectivity index (χ4n) is 2.96. The van der Waals surface area contributed by atoms with Gasteiger partial charge in [-0.15, -0.1) is 0 Å². The van der Waals surface area contributed by atoms with Crippen LogP contribution in [0.1, 0.15) is 39.0 Å². The number of nitrogens with zero attached hydrogens (tertiary/aromatic N) is 1. The number of nitrogens with one attached hydrogen (secondary N) is 1. The van der Waals surface area contributed by atoms with E-state index >= 15 is 0 Å². The van der Waals surface area contributed by atoms with Crippen LogP contribution < -0.4 is 14.4 Å². The van der Waals surface area contributed by atoms with E-state index in [-0.39, 0.29) is 5.91 Å². The van der Waals surface area contributed by atoms with Gasteiger partial charge in [-0.25, -0.2) is 8.42 Å². The molecule has 0 bridgehead atoms. The molecular formula is C18H28N2O4S. The van der Waals surface area contributed by atoms with Crippen molar-refractivity contribution in [2.45, 2.75) is 45.1 Å². The van der Waals surface area contributed by atoms with Crippen LogP contribution in [0, 0.1) is 5.92 Å². The number of hydrogen-bond donors (Lipinski definition) is 1. The van der Waals surface area contributed by atoms with E-state index in [2.05, 4.69) is 5.32 Å². The summed E-state index contributed by atoms with van der Waals surface area (Å²) in [6, 6.07) is 6.65. The Hall–Kier alpha value is -1.76. The Morgan fingerprint density at radius 3 is 2.40 bits per heavy atom. The molecule has 1 saturated carbocycles. The Kier molecular flexibility index (Phi) is 6.70. The molecule has 0 spiro atoms. The third-order valence-electron chi connectivity index (χ3n) is 4.67. The highest BCUT2D eigenvalue weighted by atomic mass is 32.2. The molecule has 25 heavy (non-hydrogen) atoms. The van der Waals surface area contributed by atoms with Gasteiger partial charge < -0.3 is 10.1 Å². The fraction of sp³-hybridized carbons (Fsp3) is 0.611. The van der Waals surface area contributed by atoms with E-state index in [1.807, 2.05) is 0 Å². The van der Waals surface area contributed by atoms with Crippen molar-refractivity contribution in [3.05, 3.63) is 24.3 Å². The topological polar surface area (TPSA) is 75.7 Å². The zero-order chi connectivity index (χ0) is 18.4. The second-order valence-electron chi connectivity index (χ2n) is 6.73. The van der Waals surface area contributed by atoms with Crippen LogP contribution >= 0.6 is 0 Å². The molecule has 0 aromatic heterocycles. The standard InChI is InChI=1S/C18H28N2O4S/c1-14(18(21)19-13-15-7-5-4-6-8-15)24-17-11-9-16(10-12-17)20(2)25(3,22)23/h9-12,14-15H,4-8,13H2,1-3H3,(H,19,21). The summed E-state index contributed by atoms with van der Waals surface area (Å²) in [4.78, 5) is 12.2. The first-order chi connectivity index (χ1) is 11.8. The molecule has 7 heteroatoms. The molecule has 1 aromatic rings. The summed E-state index contributed by atoms with van der Waals surface area (Å²) in [5, 5.41) is 2.97. The number of rotatable bonds is 7. The van der Waals surface area contributed by atoms with Crippen LogP contribution in [0.3, 0.4) is 0 Å². The Balaban J connectivity index is 1.84. The summed E-state index contributed by atoms with van der Waals surface area (Å²) < 4.78 is 29.9. The summed E-state index contributed by atoms with van der Waals surface area (Å²) in [6.07, 6.45) is 6.73. The van der Waals surface area contributed by atoms with Gasteiger partial charge in [0.15, 0.2) is 6.10 Å². The van der Waals surface area contributed by atoms with E-state index in [1.165, 1.54) is 43.5 Å². The SMILES string of the molecule is CC(Oc1ccc(N(C)S(C)(=O)=O)cc1)C(=O)NCC1CCCCC1. The van der Waals surface area contributed by atoms with E-state index in [0.717, 1.165) is 6.26 Å². The van der Waals surface area contributed by atoms with Crippen LogP contribution in [0.2, 0.25) is 0 Å². The third-order valence-corrected chi connectivity index (χ3v) is 5.88. The van der Waals surface area contributed by atoms with Crippen LogP contribution in [0.15, 0.2) is 24.3 Å². The van der Waals surface area contributed by atoms with Crippen LogP contribution in [-0.4, -0.2) is 40.3 Å². The molecule has 1 aliphatic rings. The average molecular weight is 368 g/mol. The molecule has 1 aliphatic carbocycles. The maximum absolute atomic E-state index is 12.2. The maximum Gasteiger partial charge on any atom is 0.260 e. The number of amides is 1. The quantitative estimate of drug-likeness (QED) is 0.802. The van der Waals surface area contributed by atoms with E-state index in [9.17, 15) is 13.2 Å².